The third kappa shape index (κ3) is 6.68. The Morgan fingerprint density at radius 1 is 1.00 bits per heavy atom. The van der Waals surface area contributed by atoms with Gasteiger partial charge >= 0.3 is 0 Å². The molecule has 2 aromatic carbocycles. The molecule has 0 saturated carbocycles. The molecule has 0 atom stereocenters. The van der Waals surface area contributed by atoms with Crippen LogP contribution in [0.5, 0.6) is 11.5 Å². The van der Waals surface area contributed by atoms with Crippen LogP contribution in [-0.2, 0) is 14.8 Å². The number of carbonyl (C=O) groups is 2. The molecule has 178 valence electrons. The predicted molar refractivity (Wildman–Crippen MR) is 125 cm³/mol. The van der Waals surface area contributed by atoms with E-state index in [0.717, 1.165) is 30.2 Å². The van der Waals surface area contributed by atoms with Gasteiger partial charge in [-0.25, -0.2) is 8.42 Å². The minimum atomic E-state index is -3.75. The van der Waals surface area contributed by atoms with Crippen molar-refractivity contribution in [1.29, 1.82) is 0 Å². The molecule has 1 heterocycles. The number of ether oxygens (including phenoxy) is 2. The largest absolute Gasteiger partial charge is 0.496 e. The van der Waals surface area contributed by atoms with Crippen LogP contribution in [-0.4, -0.2) is 51.3 Å². The molecule has 11 heteroatoms. The lowest BCUT2D eigenvalue weighted by molar-refractivity contribution is -0.123. The van der Waals surface area contributed by atoms with E-state index in [1.807, 2.05) is 0 Å². The zero-order chi connectivity index (χ0) is 23.8. The molecule has 3 rings (SSSR count). The molecule has 2 N–H and O–H groups in total. The van der Waals surface area contributed by atoms with Gasteiger partial charge in [-0.3, -0.25) is 20.4 Å². The van der Waals surface area contributed by atoms with Crippen molar-refractivity contribution in [2.24, 2.45) is 0 Å². The van der Waals surface area contributed by atoms with Gasteiger partial charge < -0.3 is 9.47 Å². The van der Waals surface area contributed by atoms with Crippen molar-refractivity contribution >= 4 is 37.8 Å². The van der Waals surface area contributed by atoms with Crippen molar-refractivity contribution in [1.82, 2.24) is 15.2 Å². The Morgan fingerprint density at radius 2 is 1.67 bits per heavy atom. The molecular weight excluding hydrogens is 514 g/mol. The molecule has 2 aromatic rings. The van der Waals surface area contributed by atoms with E-state index < -0.39 is 21.8 Å². The number of hydrazine groups is 1. The maximum atomic E-state index is 13.1. The van der Waals surface area contributed by atoms with Gasteiger partial charge in [0.25, 0.3) is 11.8 Å². The average molecular weight is 540 g/mol. The third-order valence-electron chi connectivity index (χ3n) is 5.12. The first-order valence-electron chi connectivity index (χ1n) is 10.5. The van der Waals surface area contributed by atoms with Crippen LogP contribution in [0.15, 0.2) is 51.8 Å². The van der Waals surface area contributed by atoms with Gasteiger partial charge in [0.05, 0.1) is 17.6 Å². The van der Waals surface area contributed by atoms with Gasteiger partial charge in [-0.2, -0.15) is 4.31 Å². The lowest BCUT2D eigenvalue weighted by atomic mass is 10.2. The number of methoxy groups -OCH3 is 1. The van der Waals surface area contributed by atoms with Gasteiger partial charge in [-0.05, 0) is 55.3 Å². The van der Waals surface area contributed by atoms with Crippen LogP contribution in [0.25, 0.3) is 0 Å². The molecule has 0 spiro atoms. The van der Waals surface area contributed by atoms with Crippen LogP contribution in [0.2, 0.25) is 0 Å². The smallest absolute Gasteiger partial charge is 0.276 e. The van der Waals surface area contributed by atoms with Gasteiger partial charge in [0.2, 0.25) is 10.0 Å². The monoisotopic (exact) mass is 539 g/mol. The number of rotatable bonds is 7. The summed E-state index contributed by atoms with van der Waals surface area (Å²) in [6, 6.07) is 11.0. The van der Waals surface area contributed by atoms with Crippen LogP contribution in [0, 0.1) is 0 Å². The van der Waals surface area contributed by atoms with Gasteiger partial charge in [0.1, 0.15) is 11.5 Å². The molecule has 9 nitrogen and oxygen atoms in total. The van der Waals surface area contributed by atoms with Gasteiger partial charge in [0.15, 0.2) is 6.61 Å². The Balaban J connectivity index is 1.66. The number of benzene rings is 2. The maximum Gasteiger partial charge on any atom is 0.276 e. The van der Waals surface area contributed by atoms with E-state index in [0.29, 0.717) is 18.8 Å². The minimum absolute atomic E-state index is 0.000230. The second kappa shape index (κ2) is 11.5. The molecule has 1 fully saturated rings. The van der Waals surface area contributed by atoms with E-state index in [4.69, 9.17) is 9.47 Å². The van der Waals surface area contributed by atoms with Crippen molar-refractivity contribution in [2.75, 3.05) is 26.8 Å². The number of nitrogens with zero attached hydrogens (tertiary/aromatic N) is 1. The summed E-state index contributed by atoms with van der Waals surface area (Å²) in [5, 5.41) is 0. The number of carbonyl (C=O) groups excluding carboxylic acids is 2. The molecular formula is C22H26BrN3O6S. The molecule has 0 bridgehead atoms. The van der Waals surface area contributed by atoms with Crippen molar-refractivity contribution in [2.45, 2.75) is 30.6 Å². The fourth-order valence-corrected chi connectivity index (χ4v) is 5.17. The first kappa shape index (κ1) is 25.0. The van der Waals surface area contributed by atoms with Crippen molar-refractivity contribution in [3.63, 3.8) is 0 Å². The molecule has 0 radical (unpaired) electrons. The number of sulfonamides is 1. The summed E-state index contributed by atoms with van der Waals surface area (Å²) in [5.74, 6) is -0.620. The van der Waals surface area contributed by atoms with Crippen LogP contribution in [0.1, 0.15) is 36.0 Å². The van der Waals surface area contributed by atoms with E-state index in [9.17, 15) is 18.0 Å². The second-order valence-corrected chi connectivity index (χ2v) is 10.3. The zero-order valence-corrected chi connectivity index (χ0v) is 20.6. The van der Waals surface area contributed by atoms with Crippen molar-refractivity contribution in [3.05, 3.63) is 52.5 Å². The van der Waals surface area contributed by atoms with E-state index in [-0.39, 0.29) is 22.8 Å². The summed E-state index contributed by atoms with van der Waals surface area (Å²) < 4.78 is 39.1. The highest BCUT2D eigenvalue weighted by Gasteiger charge is 2.27. The minimum Gasteiger partial charge on any atom is -0.496 e. The standard InChI is InChI=1S/C22H26BrN3O6S/c1-31-20-11-10-18(33(29,30)26-12-4-2-3-5-13-26)14-19(20)22(28)25-24-21(27)15-32-17-8-6-16(23)7-9-17/h6-11,14H,2-5,12-13,15H2,1H3,(H,24,27)(H,25,28). The molecule has 33 heavy (non-hydrogen) atoms. The molecule has 0 aromatic heterocycles. The summed E-state index contributed by atoms with van der Waals surface area (Å²) >= 11 is 3.31. The Bertz CT molecular complexity index is 1080. The van der Waals surface area contributed by atoms with Crippen LogP contribution < -0.4 is 20.3 Å². The quantitative estimate of drug-likeness (QED) is 0.523. The fraction of sp³-hybridized carbons (Fsp3) is 0.364. The van der Waals surface area contributed by atoms with E-state index in [2.05, 4.69) is 26.8 Å². The van der Waals surface area contributed by atoms with Gasteiger partial charge in [-0.1, -0.05) is 28.8 Å². The molecule has 1 saturated heterocycles. The number of amides is 2. The van der Waals surface area contributed by atoms with E-state index in [1.54, 1.807) is 24.3 Å². The maximum absolute atomic E-state index is 13.1. The van der Waals surface area contributed by atoms with Crippen LogP contribution >= 0.6 is 15.9 Å². The summed E-state index contributed by atoms with van der Waals surface area (Å²) in [6.45, 7) is 0.580. The fourth-order valence-electron chi connectivity index (χ4n) is 3.37. The van der Waals surface area contributed by atoms with Crippen LogP contribution in [0.3, 0.4) is 0 Å². The third-order valence-corrected chi connectivity index (χ3v) is 7.54. The number of hydrogen-bond acceptors (Lipinski definition) is 6. The second-order valence-electron chi connectivity index (χ2n) is 7.43. The Morgan fingerprint density at radius 3 is 2.30 bits per heavy atom. The van der Waals surface area contributed by atoms with Gasteiger partial charge in [-0.15, -0.1) is 0 Å². The Hall–Kier alpha value is -2.63. The highest BCUT2D eigenvalue weighted by atomic mass is 79.9. The molecule has 1 aliphatic rings. The topological polar surface area (TPSA) is 114 Å². The summed E-state index contributed by atoms with van der Waals surface area (Å²) in [6.07, 6.45) is 3.59. The number of halogens is 1. The van der Waals surface area contributed by atoms with Crippen LogP contribution in [0.4, 0.5) is 0 Å². The lowest BCUT2D eigenvalue weighted by Crippen LogP contribution is -2.44. The van der Waals surface area contributed by atoms with Gasteiger partial charge in [0, 0.05) is 17.6 Å². The summed E-state index contributed by atoms with van der Waals surface area (Å²) in [5.41, 5.74) is 4.52. The first-order valence-corrected chi connectivity index (χ1v) is 12.7. The average Bonchev–Trinajstić information content (AvgIpc) is 3.12. The highest BCUT2D eigenvalue weighted by Crippen LogP contribution is 2.26. The van der Waals surface area contributed by atoms with Crippen molar-refractivity contribution in [3.8, 4) is 11.5 Å². The summed E-state index contributed by atoms with van der Waals surface area (Å²) in [4.78, 5) is 24.7. The predicted octanol–water partition coefficient (Wildman–Crippen LogP) is 2.86. The Labute approximate surface area is 201 Å². The first-order chi connectivity index (χ1) is 15.8. The SMILES string of the molecule is COc1ccc(S(=O)(=O)N2CCCCCC2)cc1C(=O)NNC(=O)COc1ccc(Br)cc1. The zero-order valence-electron chi connectivity index (χ0n) is 18.2. The molecule has 2 amide bonds. The normalized spacial score (nSPS) is 14.7. The van der Waals surface area contributed by atoms with E-state index in [1.165, 1.54) is 29.6 Å². The number of nitrogens with one attached hydrogen (secondary N) is 2. The molecule has 0 aliphatic carbocycles. The highest BCUT2D eigenvalue weighted by molar-refractivity contribution is 9.10. The Kier molecular flexibility index (Phi) is 8.70. The molecule has 0 unspecified atom stereocenters. The van der Waals surface area contributed by atoms with E-state index >= 15 is 0 Å². The summed E-state index contributed by atoms with van der Waals surface area (Å²) in [7, 11) is -2.38. The number of hydrogen-bond donors (Lipinski definition) is 2. The lowest BCUT2D eigenvalue weighted by Gasteiger charge is -2.20. The molecule has 1 aliphatic heterocycles. The van der Waals surface area contributed by atoms with Crippen molar-refractivity contribution < 1.29 is 27.5 Å².